The van der Waals surface area contributed by atoms with Gasteiger partial charge in [-0.1, -0.05) is 6.92 Å². The van der Waals surface area contributed by atoms with Crippen LogP contribution in [0.25, 0.3) is 0 Å². The third kappa shape index (κ3) is 7.66. The zero-order chi connectivity index (χ0) is 11.8. The SMILES string of the molecule is CCC(C)OC(=O)CC(=O)CCC(=O)O. The number of carbonyl (C=O) groups excluding carboxylic acids is 2. The minimum atomic E-state index is -1.04. The van der Waals surface area contributed by atoms with E-state index in [9.17, 15) is 14.4 Å². The van der Waals surface area contributed by atoms with Gasteiger partial charge < -0.3 is 9.84 Å². The molecule has 86 valence electrons. The van der Waals surface area contributed by atoms with Crippen LogP contribution < -0.4 is 0 Å². The van der Waals surface area contributed by atoms with E-state index in [0.29, 0.717) is 6.42 Å². The fraction of sp³-hybridized carbons (Fsp3) is 0.700. The van der Waals surface area contributed by atoms with E-state index >= 15 is 0 Å². The number of esters is 1. The monoisotopic (exact) mass is 216 g/mol. The van der Waals surface area contributed by atoms with Crippen LogP contribution in [0.4, 0.5) is 0 Å². The summed E-state index contributed by atoms with van der Waals surface area (Å²) < 4.78 is 4.87. The lowest BCUT2D eigenvalue weighted by atomic mass is 10.2. The molecule has 0 aliphatic carbocycles. The van der Waals surface area contributed by atoms with E-state index in [4.69, 9.17) is 9.84 Å². The predicted molar refractivity (Wildman–Crippen MR) is 52.3 cm³/mol. The number of carboxylic acids is 1. The molecule has 0 spiro atoms. The number of ether oxygens (including phenoxy) is 1. The molecular weight excluding hydrogens is 200 g/mol. The Bertz CT molecular complexity index is 246. The molecule has 1 N–H and O–H groups in total. The molecule has 5 nitrogen and oxygen atoms in total. The number of hydrogen-bond acceptors (Lipinski definition) is 4. The van der Waals surface area contributed by atoms with E-state index in [1.54, 1.807) is 6.92 Å². The first-order valence-electron chi connectivity index (χ1n) is 4.88. The Kier molecular flexibility index (Phi) is 6.33. The molecule has 1 unspecified atom stereocenters. The molecule has 0 aromatic rings. The highest BCUT2D eigenvalue weighted by Crippen LogP contribution is 2.02. The summed E-state index contributed by atoms with van der Waals surface area (Å²) >= 11 is 0. The number of Topliss-reactive ketones (excluding diaryl/α,β-unsaturated/α-hetero) is 1. The smallest absolute Gasteiger partial charge is 0.313 e. The third-order valence-electron chi connectivity index (χ3n) is 1.87. The summed E-state index contributed by atoms with van der Waals surface area (Å²) in [5.74, 6) is -2.02. The Balaban J connectivity index is 3.76. The van der Waals surface area contributed by atoms with Gasteiger partial charge in [0.25, 0.3) is 0 Å². The van der Waals surface area contributed by atoms with Crippen LogP contribution in [0.5, 0.6) is 0 Å². The molecule has 0 rings (SSSR count). The highest BCUT2D eigenvalue weighted by Gasteiger charge is 2.14. The molecular formula is C10H16O5. The maximum absolute atomic E-state index is 11.1. The van der Waals surface area contributed by atoms with E-state index in [-0.39, 0.29) is 25.4 Å². The Labute approximate surface area is 88.4 Å². The minimum Gasteiger partial charge on any atom is -0.481 e. The fourth-order valence-corrected chi connectivity index (χ4v) is 0.845. The van der Waals surface area contributed by atoms with Crippen LogP contribution in [0.2, 0.25) is 0 Å². The number of carboxylic acid groups (broad SMARTS) is 1. The van der Waals surface area contributed by atoms with Gasteiger partial charge in [0.05, 0.1) is 12.5 Å². The average molecular weight is 216 g/mol. The number of rotatable bonds is 7. The van der Waals surface area contributed by atoms with Crippen molar-refractivity contribution in [1.29, 1.82) is 0 Å². The van der Waals surface area contributed by atoms with E-state index < -0.39 is 17.7 Å². The maximum atomic E-state index is 11.1. The lowest BCUT2D eigenvalue weighted by Gasteiger charge is -2.09. The molecule has 0 heterocycles. The van der Waals surface area contributed by atoms with Crippen LogP contribution >= 0.6 is 0 Å². The summed E-state index contributed by atoms with van der Waals surface area (Å²) in [4.78, 5) is 32.3. The molecule has 0 amide bonds. The summed E-state index contributed by atoms with van der Waals surface area (Å²) in [6, 6.07) is 0. The quantitative estimate of drug-likeness (QED) is 0.510. The normalized spacial score (nSPS) is 11.9. The van der Waals surface area contributed by atoms with E-state index in [2.05, 4.69) is 0 Å². The molecule has 0 aromatic carbocycles. The van der Waals surface area contributed by atoms with Crippen LogP contribution in [0, 0.1) is 0 Å². The topological polar surface area (TPSA) is 80.7 Å². The minimum absolute atomic E-state index is 0.120. The first-order chi connectivity index (χ1) is 6.95. The van der Waals surface area contributed by atoms with E-state index in [1.807, 2.05) is 6.92 Å². The fourth-order valence-electron chi connectivity index (χ4n) is 0.845. The number of aliphatic carboxylic acids is 1. The Morgan fingerprint density at radius 3 is 2.33 bits per heavy atom. The Morgan fingerprint density at radius 2 is 1.87 bits per heavy atom. The second-order valence-electron chi connectivity index (χ2n) is 3.32. The van der Waals surface area contributed by atoms with Crippen molar-refractivity contribution in [2.45, 2.75) is 45.6 Å². The summed E-state index contributed by atoms with van der Waals surface area (Å²) in [6.45, 7) is 3.60. The standard InChI is InChI=1S/C10H16O5/c1-3-7(2)15-10(14)6-8(11)4-5-9(12)13/h7H,3-6H2,1-2H3,(H,12,13). The van der Waals surface area contributed by atoms with Crippen molar-refractivity contribution in [3.8, 4) is 0 Å². The highest BCUT2D eigenvalue weighted by atomic mass is 16.5. The lowest BCUT2D eigenvalue weighted by molar-refractivity contribution is -0.151. The van der Waals surface area contributed by atoms with Gasteiger partial charge in [0.2, 0.25) is 0 Å². The van der Waals surface area contributed by atoms with Gasteiger partial charge in [-0.3, -0.25) is 14.4 Å². The molecule has 0 saturated heterocycles. The number of hydrogen-bond donors (Lipinski definition) is 1. The van der Waals surface area contributed by atoms with Crippen molar-refractivity contribution < 1.29 is 24.2 Å². The number of carbonyl (C=O) groups is 3. The van der Waals surface area contributed by atoms with Crippen molar-refractivity contribution >= 4 is 17.7 Å². The summed E-state index contributed by atoms with van der Waals surface area (Å²) in [6.07, 6.45) is -0.211. The zero-order valence-electron chi connectivity index (χ0n) is 8.99. The Hall–Kier alpha value is -1.39. The van der Waals surface area contributed by atoms with Gasteiger partial charge in [-0.25, -0.2) is 0 Å². The molecule has 0 aliphatic heterocycles. The molecule has 0 bridgehead atoms. The maximum Gasteiger partial charge on any atom is 0.313 e. The largest absolute Gasteiger partial charge is 0.481 e. The first-order valence-corrected chi connectivity index (χ1v) is 4.88. The second-order valence-corrected chi connectivity index (χ2v) is 3.32. The van der Waals surface area contributed by atoms with Gasteiger partial charge in [-0.15, -0.1) is 0 Å². The van der Waals surface area contributed by atoms with Crippen molar-refractivity contribution in [3.63, 3.8) is 0 Å². The van der Waals surface area contributed by atoms with Gasteiger partial charge >= 0.3 is 11.9 Å². The van der Waals surface area contributed by atoms with Gasteiger partial charge in [0, 0.05) is 6.42 Å². The molecule has 0 saturated carbocycles. The summed E-state index contributed by atoms with van der Waals surface area (Å²) in [5, 5.41) is 8.31. The second kappa shape index (κ2) is 6.98. The molecule has 0 aromatic heterocycles. The third-order valence-corrected chi connectivity index (χ3v) is 1.87. The van der Waals surface area contributed by atoms with Crippen molar-refractivity contribution in [3.05, 3.63) is 0 Å². The molecule has 0 aliphatic rings. The van der Waals surface area contributed by atoms with Crippen LogP contribution in [-0.4, -0.2) is 28.9 Å². The molecule has 0 radical (unpaired) electrons. The molecule has 1 atom stereocenters. The van der Waals surface area contributed by atoms with Gasteiger partial charge in [-0.05, 0) is 13.3 Å². The van der Waals surface area contributed by atoms with Gasteiger partial charge in [0.15, 0.2) is 0 Å². The van der Waals surface area contributed by atoms with Crippen LogP contribution in [0.3, 0.4) is 0 Å². The lowest BCUT2D eigenvalue weighted by Crippen LogP contribution is -2.17. The van der Waals surface area contributed by atoms with Crippen molar-refractivity contribution in [2.24, 2.45) is 0 Å². The predicted octanol–water partition coefficient (Wildman–Crippen LogP) is 1.15. The molecule has 0 fully saturated rings. The van der Waals surface area contributed by atoms with Crippen molar-refractivity contribution in [2.75, 3.05) is 0 Å². The van der Waals surface area contributed by atoms with Crippen LogP contribution in [-0.2, 0) is 19.1 Å². The highest BCUT2D eigenvalue weighted by molar-refractivity contribution is 5.96. The summed E-state index contributed by atoms with van der Waals surface area (Å²) in [5.41, 5.74) is 0. The van der Waals surface area contributed by atoms with Crippen LogP contribution in [0.1, 0.15) is 39.5 Å². The number of ketones is 1. The zero-order valence-corrected chi connectivity index (χ0v) is 8.99. The van der Waals surface area contributed by atoms with Crippen LogP contribution in [0.15, 0.2) is 0 Å². The van der Waals surface area contributed by atoms with E-state index in [0.717, 1.165) is 0 Å². The van der Waals surface area contributed by atoms with Gasteiger partial charge in [-0.2, -0.15) is 0 Å². The summed E-state index contributed by atoms with van der Waals surface area (Å²) in [7, 11) is 0. The van der Waals surface area contributed by atoms with E-state index in [1.165, 1.54) is 0 Å². The molecule has 5 heteroatoms. The first kappa shape index (κ1) is 13.6. The van der Waals surface area contributed by atoms with Crippen molar-refractivity contribution in [1.82, 2.24) is 0 Å². The average Bonchev–Trinajstić information content (AvgIpc) is 2.14. The molecule has 15 heavy (non-hydrogen) atoms. The Morgan fingerprint density at radius 1 is 1.27 bits per heavy atom. The van der Waals surface area contributed by atoms with Gasteiger partial charge in [0.1, 0.15) is 12.2 Å².